The average Bonchev–Trinajstić information content (AvgIpc) is 2.70. The number of hydrogen-bond donors (Lipinski definition) is 1. The van der Waals surface area contributed by atoms with Crippen molar-refractivity contribution < 1.29 is 4.79 Å². The molecule has 0 aromatic carbocycles. The molecule has 0 unspecified atom stereocenters. The molecule has 0 aliphatic carbocycles. The molecule has 0 aliphatic heterocycles. The molecule has 2 heterocycles. The van der Waals surface area contributed by atoms with Gasteiger partial charge in [-0.05, 0) is 19.4 Å². The average molecular weight is 295 g/mol. The first-order chi connectivity index (χ1) is 9.06. The highest BCUT2D eigenvalue weighted by molar-refractivity contribution is 8.00. The van der Waals surface area contributed by atoms with Gasteiger partial charge in [-0.25, -0.2) is 9.97 Å². The Hall–Kier alpha value is -1.14. The van der Waals surface area contributed by atoms with Crippen LogP contribution in [0.4, 0.5) is 0 Å². The molecule has 0 atom stereocenters. The van der Waals surface area contributed by atoms with Gasteiger partial charge in [0.2, 0.25) is 5.91 Å². The fourth-order valence-electron chi connectivity index (χ4n) is 1.72. The molecule has 0 fully saturated rings. The molecule has 0 saturated carbocycles. The first kappa shape index (κ1) is 14.3. The summed E-state index contributed by atoms with van der Waals surface area (Å²) in [5.74, 6) is 1.24. The van der Waals surface area contributed by atoms with Crippen molar-refractivity contribution in [2.45, 2.75) is 32.2 Å². The number of nitrogens with zero attached hydrogens (tertiary/aromatic N) is 2. The molecule has 0 saturated heterocycles. The van der Waals surface area contributed by atoms with E-state index >= 15 is 0 Å². The third-order valence-corrected chi connectivity index (χ3v) is 5.05. The maximum absolute atomic E-state index is 11.4. The molecule has 2 rings (SSSR count). The van der Waals surface area contributed by atoms with Gasteiger partial charge < -0.3 is 5.32 Å². The molecule has 2 aromatic heterocycles. The van der Waals surface area contributed by atoms with E-state index in [0.29, 0.717) is 5.75 Å². The van der Waals surface area contributed by atoms with Gasteiger partial charge in [0, 0.05) is 23.7 Å². The molecule has 6 heteroatoms. The summed E-state index contributed by atoms with van der Waals surface area (Å²) >= 11 is 3.18. The zero-order valence-electron chi connectivity index (χ0n) is 11.5. The summed E-state index contributed by atoms with van der Waals surface area (Å²) in [5.41, 5.74) is 1.22. The van der Waals surface area contributed by atoms with Gasteiger partial charge in [-0.15, -0.1) is 11.3 Å². The normalized spacial score (nSPS) is 10.9. The van der Waals surface area contributed by atoms with Crippen molar-refractivity contribution in [1.29, 1.82) is 0 Å². The lowest BCUT2D eigenvalue weighted by Crippen LogP contribution is -2.19. The summed E-state index contributed by atoms with van der Waals surface area (Å²) in [7, 11) is 1.65. The number of hydrogen-bond acceptors (Lipinski definition) is 5. The molecular weight excluding hydrogens is 278 g/mol. The fraction of sp³-hybridized carbons (Fsp3) is 0.462. The van der Waals surface area contributed by atoms with E-state index in [4.69, 9.17) is 0 Å². The van der Waals surface area contributed by atoms with E-state index in [1.807, 2.05) is 6.92 Å². The van der Waals surface area contributed by atoms with Gasteiger partial charge in [-0.2, -0.15) is 0 Å². The molecule has 4 nitrogen and oxygen atoms in total. The Kier molecular flexibility index (Phi) is 4.42. The molecule has 0 radical (unpaired) electrons. The minimum atomic E-state index is 0.0133. The van der Waals surface area contributed by atoms with Crippen molar-refractivity contribution >= 4 is 39.2 Å². The second kappa shape index (κ2) is 5.88. The monoisotopic (exact) mass is 295 g/mol. The topological polar surface area (TPSA) is 54.9 Å². The van der Waals surface area contributed by atoms with Crippen LogP contribution < -0.4 is 5.32 Å². The Morgan fingerprint density at radius 2 is 2.11 bits per heavy atom. The number of nitrogens with one attached hydrogen (secondary N) is 1. The van der Waals surface area contributed by atoms with Crippen molar-refractivity contribution in [3.05, 3.63) is 16.3 Å². The Morgan fingerprint density at radius 1 is 1.37 bits per heavy atom. The molecule has 1 amide bonds. The smallest absolute Gasteiger partial charge is 0.230 e. The lowest BCUT2D eigenvalue weighted by atomic mass is 10.2. The first-order valence-electron chi connectivity index (χ1n) is 6.16. The van der Waals surface area contributed by atoms with Crippen LogP contribution in [0.25, 0.3) is 10.2 Å². The summed E-state index contributed by atoms with van der Waals surface area (Å²) in [5, 5.41) is 4.66. The van der Waals surface area contributed by atoms with Gasteiger partial charge in [0.1, 0.15) is 15.7 Å². The van der Waals surface area contributed by atoms with Crippen molar-refractivity contribution in [1.82, 2.24) is 15.3 Å². The summed E-state index contributed by atoms with van der Waals surface area (Å²) in [6, 6.07) is 0. The largest absolute Gasteiger partial charge is 0.358 e. The van der Waals surface area contributed by atoms with Gasteiger partial charge in [-0.1, -0.05) is 18.7 Å². The van der Waals surface area contributed by atoms with Crippen LogP contribution in [0.5, 0.6) is 0 Å². The molecule has 1 N–H and O–H groups in total. The van der Waals surface area contributed by atoms with Crippen LogP contribution >= 0.6 is 23.1 Å². The summed E-state index contributed by atoms with van der Waals surface area (Å²) in [4.78, 5) is 22.8. The standard InChI is InChI=1S/C13H17N3OS2/c1-5-9-15-12(18-6-10(17)14-4)11-7(2)8(3)19-13(11)16-9/h5-6H2,1-4H3,(H,14,17). The lowest BCUT2D eigenvalue weighted by Gasteiger charge is -2.05. The molecule has 102 valence electrons. The number of carbonyl (C=O) groups is 1. The predicted molar refractivity (Wildman–Crippen MR) is 81.1 cm³/mol. The highest BCUT2D eigenvalue weighted by Gasteiger charge is 2.15. The van der Waals surface area contributed by atoms with E-state index in [-0.39, 0.29) is 5.91 Å². The number of carbonyl (C=O) groups excluding carboxylic acids is 1. The minimum absolute atomic E-state index is 0.0133. The van der Waals surface area contributed by atoms with Crippen molar-refractivity contribution in [3.63, 3.8) is 0 Å². The Balaban J connectivity index is 2.47. The minimum Gasteiger partial charge on any atom is -0.358 e. The maximum Gasteiger partial charge on any atom is 0.230 e. The number of thioether (sulfide) groups is 1. The first-order valence-corrected chi connectivity index (χ1v) is 7.97. The molecule has 2 aromatic rings. The van der Waals surface area contributed by atoms with Crippen LogP contribution in [0.2, 0.25) is 0 Å². The van der Waals surface area contributed by atoms with Gasteiger partial charge in [0.25, 0.3) is 0 Å². The number of aromatic nitrogens is 2. The van der Waals surface area contributed by atoms with E-state index in [9.17, 15) is 4.79 Å². The van der Waals surface area contributed by atoms with E-state index in [2.05, 4.69) is 29.1 Å². The molecule has 0 bridgehead atoms. The highest BCUT2D eigenvalue weighted by Crippen LogP contribution is 2.35. The summed E-state index contributed by atoms with van der Waals surface area (Å²) in [6.07, 6.45) is 0.805. The van der Waals surface area contributed by atoms with Crippen LogP contribution in [0.15, 0.2) is 5.03 Å². The molecule has 0 spiro atoms. The van der Waals surface area contributed by atoms with E-state index in [1.54, 1.807) is 18.4 Å². The number of amides is 1. The Bertz CT molecular complexity index is 622. The molecule has 0 aliphatic rings. The van der Waals surface area contributed by atoms with Gasteiger partial charge >= 0.3 is 0 Å². The predicted octanol–water partition coefficient (Wildman–Crippen LogP) is 2.71. The van der Waals surface area contributed by atoms with Gasteiger partial charge in [-0.3, -0.25) is 4.79 Å². The van der Waals surface area contributed by atoms with E-state index < -0.39 is 0 Å². The van der Waals surface area contributed by atoms with Crippen LogP contribution in [0, 0.1) is 13.8 Å². The third kappa shape index (κ3) is 2.90. The van der Waals surface area contributed by atoms with Gasteiger partial charge in [0.05, 0.1) is 5.75 Å². The van der Waals surface area contributed by atoms with Crippen molar-refractivity contribution in [2.75, 3.05) is 12.8 Å². The third-order valence-electron chi connectivity index (χ3n) is 2.98. The zero-order chi connectivity index (χ0) is 14.0. The highest BCUT2D eigenvalue weighted by atomic mass is 32.2. The molecular formula is C13H17N3OS2. The van der Waals surface area contributed by atoms with Crippen molar-refractivity contribution in [2.24, 2.45) is 0 Å². The van der Waals surface area contributed by atoms with Crippen LogP contribution in [-0.4, -0.2) is 28.7 Å². The van der Waals surface area contributed by atoms with E-state index in [1.165, 1.54) is 22.2 Å². The quantitative estimate of drug-likeness (QED) is 0.696. The molecule has 19 heavy (non-hydrogen) atoms. The fourth-order valence-corrected chi connectivity index (χ4v) is 3.81. The van der Waals surface area contributed by atoms with Crippen molar-refractivity contribution in [3.8, 4) is 0 Å². The zero-order valence-corrected chi connectivity index (χ0v) is 13.2. The number of thiophene rings is 1. The van der Waals surface area contributed by atoms with Gasteiger partial charge in [0.15, 0.2) is 0 Å². The summed E-state index contributed by atoms with van der Waals surface area (Å²) < 4.78 is 0. The van der Waals surface area contributed by atoms with Crippen LogP contribution in [0.3, 0.4) is 0 Å². The SMILES string of the molecule is CCc1nc(SCC(=O)NC)c2c(C)c(C)sc2n1. The van der Waals surface area contributed by atoms with Crippen LogP contribution in [0.1, 0.15) is 23.2 Å². The van der Waals surface area contributed by atoms with E-state index in [0.717, 1.165) is 27.5 Å². The Morgan fingerprint density at radius 3 is 2.74 bits per heavy atom. The number of rotatable bonds is 4. The number of aryl methyl sites for hydroxylation is 3. The second-order valence-electron chi connectivity index (χ2n) is 4.22. The second-order valence-corrected chi connectivity index (χ2v) is 6.39. The maximum atomic E-state index is 11.4. The van der Waals surface area contributed by atoms with Crippen LogP contribution in [-0.2, 0) is 11.2 Å². The summed E-state index contributed by atoms with van der Waals surface area (Å²) in [6.45, 7) is 6.23. The Labute approximate surface area is 121 Å². The number of fused-ring (bicyclic) bond motifs is 1. The lowest BCUT2D eigenvalue weighted by molar-refractivity contribution is -0.118.